The van der Waals surface area contributed by atoms with E-state index in [-0.39, 0.29) is 11.6 Å². The zero-order valence-corrected chi connectivity index (χ0v) is 15.1. The molecular formula is C20H17N5O3. The quantitative estimate of drug-likeness (QED) is 0.397. The number of hydrogen-bond acceptors (Lipinski definition) is 6. The molecule has 3 aromatic rings. The van der Waals surface area contributed by atoms with Gasteiger partial charge in [-0.15, -0.1) is 0 Å². The van der Waals surface area contributed by atoms with Crippen LogP contribution in [-0.4, -0.2) is 40.9 Å². The van der Waals surface area contributed by atoms with Crippen molar-refractivity contribution in [3.8, 4) is 0 Å². The number of hydrogen-bond donors (Lipinski definition) is 0. The van der Waals surface area contributed by atoms with Crippen LogP contribution in [0.3, 0.4) is 0 Å². The van der Waals surface area contributed by atoms with Gasteiger partial charge < -0.3 is 4.90 Å². The number of amides is 1. The molecule has 0 unspecified atom stereocenters. The number of anilines is 2. The van der Waals surface area contributed by atoms with Gasteiger partial charge in [0, 0.05) is 38.3 Å². The normalized spacial score (nSPS) is 13.8. The third-order valence-electron chi connectivity index (χ3n) is 4.60. The molecule has 8 heteroatoms. The van der Waals surface area contributed by atoms with Crippen LogP contribution in [-0.2, 0) is 4.79 Å². The van der Waals surface area contributed by atoms with Crippen molar-refractivity contribution in [2.75, 3.05) is 29.9 Å². The number of fused-ring (bicyclic) bond motifs is 2. The van der Waals surface area contributed by atoms with Crippen LogP contribution in [0, 0.1) is 10.1 Å². The molecule has 1 amide bonds. The molecule has 0 spiro atoms. The van der Waals surface area contributed by atoms with E-state index in [1.54, 1.807) is 23.1 Å². The maximum absolute atomic E-state index is 12.8. The van der Waals surface area contributed by atoms with Crippen LogP contribution in [0.1, 0.15) is 5.56 Å². The van der Waals surface area contributed by atoms with Gasteiger partial charge in [-0.25, -0.2) is 9.97 Å². The van der Waals surface area contributed by atoms with E-state index in [2.05, 4.69) is 9.97 Å². The van der Waals surface area contributed by atoms with E-state index in [9.17, 15) is 14.9 Å². The van der Waals surface area contributed by atoms with Gasteiger partial charge >= 0.3 is 0 Å². The van der Waals surface area contributed by atoms with E-state index < -0.39 is 4.92 Å². The van der Waals surface area contributed by atoms with Gasteiger partial charge in [-0.1, -0.05) is 12.1 Å². The fourth-order valence-corrected chi connectivity index (χ4v) is 3.06. The Morgan fingerprint density at radius 1 is 1.04 bits per heavy atom. The zero-order valence-electron chi connectivity index (χ0n) is 15.1. The second-order valence-electron chi connectivity index (χ2n) is 6.45. The van der Waals surface area contributed by atoms with Crippen LogP contribution >= 0.6 is 0 Å². The first kappa shape index (κ1) is 17.6. The van der Waals surface area contributed by atoms with Crippen LogP contribution in [0.15, 0.2) is 54.6 Å². The number of non-ortho nitro benzene ring substituents is 1. The Morgan fingerprint density at radius 3 is 2.32 bits per heavy atom. The van der Waals surface area contributed by atoms with E-state index in [4.69, 9.17) is 0 Å². The second-order valence-corrected chi connectivity index (χ2v) is 6.45. The number of nitro groups is 1. The Hall–Kier alpha value is -3.81. The maximum Gasteiger partial charge on any atom is 0.269 e. The minimum absolute atomic E-state index is 0.0126. The lowest BCUT2D eigenvalue weighted by atomic mass is 10.2. The van der Waals surface area contributed by atoms with Crippen molar-refractivity contribution in [1.82, 2.24) is 9.97 Å². The van der Waals surface area contributed by atoms with Crippen molar-refractivity contribution in [2.24, 2.45) is 0 Å². The Bertz CT molecular complexity index is 1090. The molecule has 0 saturated carbocycles. The smallest absolute Gasteiger partial charge is 0.269 e. The SMILES string of the molecule is CN1CCN(C(=O)C=Cc2ccc([N+](=O)[O-])cc2)c2nc3ccccc3nc21. The van der Waals surface area contributed by atoms with Crippen molar-refractivity contribution < 1.29 is 9.72 Å². The molecule has 0 N–H and O–H groups in total. The number of likely N-dealkylation sites (N-methyl/N-ethyl adjacent to an activating group) is 1. The zero-order chi connectivity index (χ0) is 19.7. The molecule has 8 nitrogen and oxygen atoms in total. The molecular weight excluding hydrogens is 358 g/mol. The Morgan fingerprint density at radius 2 is 1.68 bits per heavy atom. The molecule has 0 radical (unpaired) electrons. The van der Waals surface area contributed by atoms with E-state index in [0.717, 1.165) is 11.0 Å². The molecule has 2 heterocycles. The van der Waals surface area contributed by atoms with Crippen LogP contribution < -0.4 is 9.80 Å². The lowest BCUT2D eigenvalue weighted by Crippen LogP contribution is -2.43. The predicted molar refractivity (Wildman–Crippen MR) is 107 cm³/mol. The fraction of sp³-hybridized carbons (Fsp3) is 0.150. The first-order chi connectivity index (χ1) is 13.5. The molecule has 1 aromatic heterocycles. The van der Waals surface area contributed by atoms with Crippen molar-refractivity contribution in [3.63, 3.8) is 0 Å². The largest absolute Gasteiger partial charge is 0.355 e. The molecule has 140 valence electrons. The highest BCUT2D eigenvalue weighted by molar-refractivity contribution is 6.05. The summed E-state index contributed by atoms with van der Waals surface area (Å²) in [6.45, 7) is 1.15. The lowest BCUT2D eigenvalue weighted by molar-refractivity contribution is -0.384. The van der Waals surface area contributed by atoms with E-state index in [1.807, 2.05) is 36.2 Å². The van der Waals surface area contributed by atoms with E-state index >= 15 is 0 Å². The standard InChI is InChI=1S/C20H17N5O3/c1-23-12-13-24(20-19(23)21-16-4-2-3-5-17(16)22-20)18(26)11-8-14-6-9-15(10-7-14)25(27)28/h2-11H,12-13H2,1H3. The number of carbonyl (C=O) groups is 1. The minimum Gasteiger partial charge on any atom is -0.355 e. The monoisotopic (exact) mass is 375 g/mol. The molecule has 2 aromatic carbocycles. The number of benzene rings is 2. The number of nitrogens with zero attached hydrogens (tertiary/aromatic N) is 5. The van der Waals surface area contributed by atoms with Crippen LogP contribution in [0.2, 0.25) is 0 Å². The van der Waals surface area contributed by atoms with Crippen molar-refractivity contribution in [3.05, 3.63) is 70.3 Å². The molecule has 1 aliphatic rings. The maximum atomic E-state index is 12.8. The summed E-state index contributed by atoms with van der Waals surface area (Å²) in [5.74, 6) is 0.991. The molecule has 0 fully saturated rings. The number of aromatic nitrogens is 2. The summed E-state index contributed by atoms with van der Waals surface area (Å²) in [5, 5.41) is 10.7. The summed E-state index contributed by atoms with van der Waals surface area (Å²) < 4.78 is 0. The molecule has 0 aliphatic carbocycles. The highest BCUT2D eigenvalue weighted by atomic mass is 16.6. The topological polar surface area (TPSA) is 92.5 Å². The Labute approximate surface area is 160 Å². The van der Waals surface area contributed by atoms with Gasteiger partial charge in [0.05, 0.1) is 16.0 Å². The van der Waals surface area contributed by atoms with E-state index in [0.29, 0.717) is 30.3 Å². The van der Waals surface area contributed by atoms with Crippen molar-refractivity contribution >= 4 is 40.3 Å². The summed E-state index contributed by atoms with van der Waals surface area (Å²) in [6.07, 6.45) is 3.09. The Kier molecular flexibility index (Phi) is 4.44. The fourth-order valence-electron chi connectivity index (χ4n) is 3.06. The highest BCUT2D eigenvalue weighted by Gasteiger charge is 2.27. The van der Waals surface area contributed by atoms with Gasteiger partial charge in [0.15, 0.2) is 11.6 Å². The average molecular weight is 375 g/mol. The van der Waals surface area contributed by atoms with Crippen LogP contribution in [0.25, 0.3) is 17.1 Å². The molecule has 4 rings (SSSR count). The predicted octanol–water partition coefficient (Wildman–Crippen LogP) is 3.03. The molecule has 28 heavy (non-hydrogen) atoms. The van der Waals surface area contributed by atoms with Gasteiger partial charge in [-0.05, 0) is 35.9 Å². The summed E-state index contributed by atoms with van der Waals surface area (Å²) in [6, 6.07) is 13.6. The molecule has 0 saturated heterocycles. The number of carbonyl (C=O) groups excluding carboxylic acids is 1. The number of rotatable bonds is 3. The van der Waals surface area contributed by atoms with Gasteiger partial charge in [0.2, 0.25) is 0 Å². The van der Waals surface area contributed by atoms with Gasteiger partial charge in [-0.3, -0.25) is 19.8 Å². The summed E-state index contributed by atoms with van der Waals surface area (Å²) in [4.78, 5) is 36.0. The third-order valence-corrected chi connectivity index (χ3v) is 4.60. The van der Waals surface area contributed by atoms with Crippen molar-refractivity contribution in [2.45, 2.75) is 0 Å². The summed E-state index contributed by atoms with van der Waals surface area (Å²) in [5.41, 5.74) is 2.23. The first-order valence-corrected chi connectivity index (χ1v) is 8.75. The van der Waals surface area contributed by atoms with Gasteiger partial charge in [-0.2, -0.15) is 0 Å². The molecule has 0 atom stereocenters. The third kappa shape index (κ3) is 3.27. The summed E-state index contributed by atoms with van der Waals surface area (Å²) in [7, 11) is 1.93. The average Bonchev–Trinajstić information content (AvgIpc) is 2.71. The summed E-state index contributed by atoms with van der Waals surface area (Å²) >= 11 is 0. The second kappa shape index (κ2) is 7.07. The molecule has 0 bridgehead atoms. The molecule has 1 aliphatic heterocycles. The minimum atomic E-state index is -0.456. The Balaban J connectivity index is 1.62. The highest BCUT2D eigenvalue weighted by Crippen LogP contribution is 2.30. The number of para-hydroxylation sites is 2. The lowest BCUT2D eigenvalue weighted by Gasteiger charge is -2.33. The van der Waals surface area contributed by atoms with E-state index in [1.165, 1.54) is 18.2 Å². The van der Waals surface area contributed by atoms with Crippen LogP contribution in [0.5, 0.6) is 0 Å². The van der Waals surface area contributed by atoms with Gasteiger partial charge in [0.25, 0.3) is 11.6 Å². The van der Waals surface area contributed by atoms with Gasteiger partial charge in [0.1, 0.15) is 0 Å². The number of nitro benzene ring substituents is 1. The van der Waals surface area contributed by atoms with Crippen LogP contribution in [0.4, 0.5) is 17.3 Å². The van der Waals surface area contributed by atoms with Crippen molar-refractivity contribution in [1.29, 1.82) is 0 Å². The first-order valence-electron chi connectivity index (χ1n) is 8.75.